The molecule has 0 aliphatic carbocycles. The van der Waals surface area contributed by atoms with E-state index in [1.165, 1.54) is 0 Å². The highest BCUT2D eigenvalue weighted by molar-refractivity contribution is 6.30. The largest absolute Gasteiger partial charge is 0.481 e. The average molecular weight is 257 g/mol. The maximum atomic E-state index is 11.3. The van der Waals surface area contributed by atoms with Gasteiger partial charge in [-0.1, -0.05) is 11.6 Å². The second-order valence-corrected chi connectivity index (χ2v) is 3.82. The Kier molecular flexibility index (Phi) is 5.29. The molecule has 0 atom stereocenters. The maximum Gasteiger partial charge on any atom is 0.319 e. The molecular formula is C11H13ClN2O3. The first kappa shape index (κ1) is 13.3. The van der Waals surface area contributed by atoms with E-state index < -0.39 is 5.97 Å². The zero-order valence-corrected chi connectivity index (χ0v) is 9.83. The second-order valence-electron chi connectivity index (χ2n) is 3.39. The topological polar surface area (TPSA) is 78.4 Å². The maximum absolute atomic E-state index is 11.3. The number of carbonyl (C=O) groups excluding carboxylic acids is 1. The minimum absolute atomic E-state index is 0.0429. The Labute approximate surface area is 104 Å². The van der Waals surface area contributed by atoms with Crippen molar-refractivity contribution in [2.45, 2.75) is 12.8 Å². The van der Waals surface area contributed by atoms with E-state index >= 15 is 0 Å². The van der Waals surface area contributed by atoms with E-state index in [2.05, 4.69) is 10.6 Å². The molecule has 5 nitrogen and oxygen atoms in total. The van der Waals surface area contributed by atoms with E-state index in [4.69, 9.17) is 16.7 Å². The second kappa shape index (κ2) is 6.75. The summed E-state index contributed by atoms with van der Waals surface area (Å²) in [7, 11) is 0. The molecule has 0 aliphatic heterocycles. The summed E-state index contributed by atoms with van der Waals surface area (Å²) in [4.78, 5) is 21.6. The van der Waals surface area contributed by atoms with Crippen LogP contribution in [-0.2, 0) is 4.79 Å². The number of carboxylic acids is 1. The Bertz CT molecular complexity index is 392. The molecule has 0 radical (unpaired) electrons. The van der Waals surface area contributed by atoms with Crippen LogP contribution in [0.4, 0.5) is 10.5 Å². The molecule has 0 unspecified atom stereocenters. The van der Waals surface area contributed by atoms with Crippen molar-refractivity contribution in [1.82, 2.24) is 5.32 Å². The molecule has 0 fully saturated rings. The number of nitrogens with one attached hydrogen (secondary N) is 2. The smallest absolute Gasteiger partial charge is 0.319 e. The third-order valence-electron chi connectivity index (χ3n) is 1.96. The molecule has 0 aromatic heterocycles. The molecule has 2 amide bonds. The van der Waals surface area contributed by atoms with Crippen molar-refractivity contribution in [1.29, 1.82) is 0 Å². The van der Waals surface area contributed by atoms with Crippen LogP contribution in [0.5, 0.6) is 0 Å². The molecule has 92 valence electrons. The van der Waals surface area contributed by atoms with Gasteiger partial charge in [0, 0.05) is 23.7 Å². The van der Waals surface area contributed by atoms with Gasteiger partial charge in [-0.3, -0.25) is 4.79 Å². The number of benzene rings is 1. The van der Waals surface area contributed by atoms with Gasteiger partial charge in [-0.25, -0.2) is 4.79 Å². The highest BCUT2D eigenvalue weighted by atomic mass is 35.5. The fourth-order valence-corrected chi connectivity index (χ4v) is 1.28. The fraction of sp³-hybridized carbons (Fsp3) is 0.273. The van der Waals surface area contributed by atoms with Crippen LogP contribution in [0.15, 0.2) is 24.3 Å². The van der Waals surface area contributed by atoms with Crippen LogP contribution in [0.2, 0.25) is 5.02 Å². The number of hydrogen-bond acceptors (Lipinski definition) is 2. The molecule has 3 N–H and O–H groups in total. The van der Waals surface area contributed by atoms with Gasteiger partial charge < -0.3 is 15.7 Å². The van der Waals surface area contributed by atoms with Crippen molar-refractivity contribution in [2.24, 2.45) is 0 Å². The number of anilines is 1. The van der Waals surface area contributed by atoms with Crippen molar-refractivity contribution in [2.75, 3.05) is 11.9 Å². The highest BCUT2D eigenvalue weighted by Gasteiger charge is 2.01. The SMILES string of the molecule is O=C(O)CCCNC(=O)Nc1ccc(Cl)cc1. The van der Waals surface area contributed by atoms with Gasteiger partial charge in [0.1, 0.15) is 0 Å². The summed E-state index contributed by atoms with van der Waals surface area (Å²) in [6, 6.07) is 6.33. The highest BCUT2D eigenvalue weighted by Crippen LogP contribution is 2.12. The first-order valence-electron chi connectivity index (χ1n) is 5.10. The number of amides is 2. The van der Waals surface area contributed by atoms with Crippen LogP contribution in [-0.4, -0.2) is 23.7 Å². The third kappa shape index (κ3) is 5.77. The molecule has 0 aliphatic rings. The Morgan fingerprint density at radius 1 is 1.24 bits per heavy atom. The van der Waals surface area contributed by atoms with Gasteiger partial charge in [0.2, 0.25) is 0 Å². The van der Waals surface area contributed by atoms with Gasteiger partial charge in [0.25, 0.3) is 0 Å². The predicted molar refractivity (Wildman–Crippen MR) is 65.3 cm³/mol. The van der Waals surface area contributed by atoms with Crippen LogP contribution in [0, 0.1) is 0 Å². The quantitative estimate of drug-likeness (QED) is 0.708. The molecule has 0 saturated heterocycles. The van der Waals surface area contributed by atoms with Crippen molar-refractivity contribution < 1.29 is 14.7 Å². The van der Waals surface area contributed by atoms with Gasteiger partial charge in [-0.05, 0) is 30.7 Å². The molecule has 0 saturated carbocycles. The molecule has 1 rings (SSSR count). The first-order valence-corrected chi connectivity index (χ1v) is 5.48. The molecule has 17 heavy (non-hydrogen) atoms. The Morgan fingerprint density at radius 3 is 2.47 bits per heavy atom. The van der Waals surface area contributed by atoms with E-state index in [1.807, 2.05) is 0 Å². The van der Waals surface area contributed by atoms with Crippen LogP contribution in [0.1, 0.15) is 12.8 Å². The van der Waals surface area contributed by atoms with Crippen LogP contribution >= 0.6 is 11.6 Å². The summed E-state index contributed by atoms with van der Waals surface area (Å²) in [5.41, 5.74) is 0.630. The summed E-state index contributed by atoms with van der Waals surface area (Å²) in [5.74, 6) is -0.870. The lowest BCUT2D eigenvalue weighted by molar-refractivity contribution is -0.137. The number of halogens is 1. The number of rotatable bonds is 5. The first-order chi connectivity index (χ1) is 8.08. The molecule has 6 heteroatoms. The monoisotopic (exact) mass is 256 g/mol. The van der Waals surface area contributed by atoms with Crippen molar-refractivity contribution >= 4 is 29.3 Å². The molecule has 0 spiro atoms. The van der Waals surface area contributed by atoms with Crippen molar-refractivity contribution in [3.05, 3.63) is 29.3 Å². The molecule has 0 bridgehead atoms. The summed E-state index contributed by atoms with van der Waals surface area (Å²) < 4.78 is 0. The lowest BCUT2D eigenvalue weighted by Gasteiger charge is -2.06. The average Bonchev–Trinajstić information content (AvgIpc) is 2.27. The summed E-state index contributed by atoms with van der Waals surface area (Å²) in [5, 5.41) is 14.1. The summed E-state index contributed by atoms with van der Waals surface area (Å²) in [6.07, 6.45) is 0.449. The standard InChI is InChI=1S/C11H13ClN2O3/c12-8-3-5-9(6-4-8)14-11(17)13-7-1-2-10(15)16/h3-6H,1-2,7H2,(H,15,16)(H2,13,14,17). The van der Waals surface area contributed by atoms with E-state index in [9.17, 15) is 9.59 Å². The third-order valence-corrected chi connectivity index (χ3v) is 2.21. The number of carboxylic acid groups (broad SMARTS) is 1. The van der Waals surface area contributed by atoms with Crippen LogP contribution < -0.4 is 10.6 Å². The zero-order valence-electron chi connectivity index (χ0n) is 9.07. The predicted octanol–water partition coefficient (Wildman–Crippen LogP) is 2.33. The van der Waals surface area contributed by atoms with Crippen molar-refractivity contribution in [3.8, 4) is 0 Å². The van der Waals surface area contributed by atoms with Crippen molar-refractivity contribution in [3.63, 3.8) is 0 Å². The van der Waals surface area contributed by atoms with Gasteiger partial charge >= 0.3 is 12.0 Å². The Balaban J connectivity index is 2.25. The number of carbonyl (C=O) groups is 2. The van der Waals surface area contributed by atoms with E-state index in [1.54, 1.807) is 24.3 Å². The minimum Gasteiger partial charge on any atom is -0.481 e. The van der Waals surface area contributed by atoms with Crippen LogP contribution in [0.25, 0.3) is 0 Å². The zero-order chi connectivity index (χ0) is 12.7. The Morgan fingerprint density at radius 2 is 1.88 bits per heavy atom. The van der Waals surface area contributed by atoms with E-state index in [-0.39, 0.29) is 12.5 Å². The number of hydrogen-bond donors (Lipinski definition) is 3. The Hall–Kier alpha value is -1.75. The van der Waals surface area contributed by atoms with Gasteiger partial charge in [0.05, 0.1) is 0 Å². The molecular weight excluding hydrogens is 244 g/mol. The number of aliphatic carboxylic acids is 1. The summed E-state index contributed by atoms with van der Waals surface area (Å²) >= 11 is 5.70. The van der Waals surface area contributed by atoms with Gasteiger partial charge in [-0.15, -0.1) is 0 Å². The lowest BCUT2D eigenvalue weighted by Crippen LogP contribution is -2.29. The van der Waals surface area contributed by atoms with E-state index in [0.717, 1.165) is 0 Å². The number of urea groups is 1. The summed E-state index contributed by atoms with van der Waals surface area (Å²) in [6.45, 7) is 0.325. The van der Waals surface area contributed by atoms with E-state index in [0.29, 0.717) is 23.7 Å². The van der Waals surface area contributed by atoms with Gasteiger partial charge in [0.15, 0.2) is 0 Å². The van der Waals surface area contributed by atoms with Crippen LogP contribution in [0.3, 0.4) is 0 Å². The molecule has 1 aromatic rings. The fourth-order valence-electron chi connectivity index (χ4n) is 1.15. The minimum atomic E-state index is -0.870. The molecule has 0 heterocycles. The molecule has 1 aromatic carbocycles. The normalized spacial score (nSPS) is 9.71. The lowest BCUT2D eigenvalue weighted by atomic mass is 10.3. The van der Waals surface area contributed by atoms with Gasteiger partial charge in [-0.2, -0.15) is 0 Å².